The SMILES string of the molecule is O=C(Nc1ccc(C(F)(F)F)cc1)c1cccc(N2CCOCC2)n1. The number of ether oxygens (including phenoxy) is 1. The standard InChI is InChI=1S/C17H16F3N3O2/c18-17(19,20)12-4-6-13(7-5-12)21-16(24)14-2-1-3-15(22-14)23-8-10-25-11-9-23/h1-7H,8-11H2,(H,21,24). The summed E-state index contributed by atoms with van der Waals surface area (Å²) in [6.07, 6.45) is -4.41. The maximum Gasteiger partial charge on any atom is 0.416 e. The summed E-state index contributed by atoms with van der Waals surface area (Å²) in [4.78, 5) is 18.6. The van der Waals surface area contributed by atoms with Crippen LogP contribution in [0.15, 0.2) is 42.5 Å². The molecule has 0 atom stereocenters. The minimum Gasteiger partial charge on any atom is -0.378 e. The molecule has 3 rings (SSSR count). The zero-order valence-electron chi connectivity index (χ0n) is 13.2. The molecule has 0 spiro atoms. The number of hydrogen-bond donors (Lipinski definition) is 1. The number of nitrogens with one attached hydrogen (secondary N) is 1. The molecule has 0 aliphatic carbocycles. The van der Waals surface area contributed by atoms with E-state index in [9.17, 15) is 18.0 Å². The summed E-state index contributed by atoms with van der Waals surface area (Å²) in [6.45, 7) is 2.58. The first-order valence-corrected chi connectivity index (χ1v) is 7.72. The molecule has 1 aliphatic rings. The lowest BCUT2D eigenvalue weighted by atomic mass is 10.2. The molecule has 8 heteroatoms. The zero-order valence-corrected chi connectivity index (χ0v) is 13.2. The second-order valence-corrected chi connectivity index (χ2v) is 5.51. The molecule has 1 fully saturated rings. The van der Waals surface area contributed by atoms with Crippen molar-refractivity contribution in [1.29, 1.82) is 0 Å². The van der Waals surface area contributed by atoms with Crippen molar-refractivity contribution < 1.29 is 22.7 Å². The van der Waals surface area contributed by atoms with Crippen molar-refractivity contribution in [3.8, 4) is 0 Å². The van der Waals surface area contributed by atoms with E-state index in [1.54, 1.807) is 18.2 Å². The fourth-order valence-electron chi connectivity index (χ4n) is 2.46. The van der Waals surface area contributed by atoms with Crippen LogP contribution in [-0.4, -0.2) is 37.2 Å². The molecule has 25 heavy (non-hydrogen) atoms. The Labute approximate surface area is 142 Å². The van der Waals surface area contributed by atoms with Gasteiger partial charge in [-0.15, -0.1) is 0 Å². The van der Waals surface area contributed by atoms with Gasteiger partial charge in [0.2, 0.25) is 0 Å². The number of benzene rings is 1. The number of carbonyl (C=O) groups is 1. The molecule has 0 radical (unpaired) electrons. The third-order valence-electron chi connectivity index (χ3n) is 3.77. The fraction of sp³-hybridized carbons (Fsp3) is 0.294. The average molecular weight is 351 g/mol. The second-order valence-electron chi connectivity index (χ2n) is 5.51. The van der Waals surface area contributed by atoms with Gasteiger partial charge < -0.3 is 15.0 Å². The van der Waals surface area contributed by atoms with Gasteiger partial charge in [-0.05, 0) is 36.4 Å². The van der Waals surface area contributed by atoms with Gasteiger partial charge >= 0.3 is 6.18 Å². The molecule has 1 aromatic carbocycles. The third-order valence-corrected chi connectivity index (χ3v) is 3.77. The van der Waals surface area contributed by atoms with Gasteiger partial charge in [0.15, 0.2) is 0 Å². The molecule has 1 amide bonds. The van der Waals surface area contributed by atoms with Gasteiger partial charge in [0.1, 0.15) is 11.5 Å². The number of anilines is 2. The molecule has 0 saturated carbocycles. The minimum absolute atomic E-state index is 0.198. The van der Waals surface area contributed by atoms with E-state index < -0.39 is 17.6 Å². The molecule has 2 heterocycles. The first-order chi connectivity index (χ1) is 11.9. The molecule has 1 N–H and O–H groups in total. The monoisotopic (exact) mass is 351 g/mol. The number of nitrogens with zero attached hydrogens (tertiary/aromatic N) is 2. The highest BCUT2D eigenvalue weighted by molar-refractivity contribution is 6.03. The largest absolute Gasteiger partial charge is 0.416 e. The Morgan fingerprint density at radius 2 is 1.76 bits per heavy atom. The Balaban J connectivity index is 1.70. The van der Waals surface area contributed by atoms with E-state index in [2.05, 4.69) is 10.3 Å². The van der Waals surface area contributed by atoms with Crippen LogP contribution in [-0.2, 0) is 10.9 Å². The second kappa shape index (κ2) is 7.10. The van der Waals surface area contributed by atoms with Crippen molar-refractivity contribution in [2.24, 2.45) is 0 Å². The quantitative estimate of drug-likeness (QED) is 0.923. The summed E-state index contributed by atoms with van der Waals surface area (Å²) in [5, 5.41) is 2.56. The van der Waals surface area contributed by atoms with Crippen molar-refractivity contribution in [3.05, 3.63) is 53.7 Å². The predicted octanol–water partition coefficient (Wildman–Crippen LogP) is 3.19. The van der Waals surface area contributed by atoms with Crippen molar-refractivity contribution in [1.82, 2.24) is 4.98 Å². The Kier molecular flexibility index (Phi) is 4.89. The van der Waals surface area contributed by atoms with Crippen molar-refractivity contribution >= 4 is 17.4 Å². The Morgan fingerprint density at radius 3 is 2.40 bits per heavy atom. The predicted molar refractivity (Wildman–Crippen MR) is 86.7 cm³/mol. The van der Waals surface area contributed by atoms with Crippen LogP contribution in [0.1, 0.15) is 16.1 Å². The number of hydrogen-bond acceptors (Lipinski definition) is 4. The van der Waals surface area contributed by atoms with Gasteiger partial charge in [0.05, 0.1) is 18.8 Å². The van der Waals surface area contributed by atoms with E-state index in [1.165, 1.54) is 12.1 Å². The van der Waals surface area contributed by atoms with Crippen LogP contribution in [0.25, 0.3) is 0 Å². The number of amides is 1. The molecule has 1 aliphatic heterocycles. The van der Waals surface area contributed by atoms with Crippen LogP contribution in [0, 0.1) is 0 Å². The molecule has 132 valence electrons. The molecule has 2 aromatic rings. The lowest BCUT2D eigenvalue weighted by Gasteiger charge is -2.27. The summed E-state index contributed by atoms with van der Waals surface area (Å²) in [5.41, 5.74) is -0.293. The first-order valence-electron chi connectivity index (χ1n) is 7.72. The number of morpholine rings is 1. The van der Waals surface area contributed by atoms with Crippen LogP contribution in [0.2, 0.25) is 0 Å². The van der Waals surface area contributed by atoms with E-state index in [4.69, 9.17) is 4.74 Å². The molecule has 1 aromatic heterocycles. The van der Waals surface area contributed by atoms with Crippen molar-refractivity contribution in [3.63, 3.8) is 0 Å². The highest BCUT2D eigenvalue weighted by Gasteiger charge is 2.30. The topological polar surface area (TPSA) is 54.5 Å². The normalized spacial score (nSPS) is 15.1. The van der Waals surface area contributed by atoms with Gasteiger partial charge in [0.25, 0.3) is 5.91 Å². The van der Waals surface area contributed by atoms with Gasteiger partial charge in [-0.25, -0.2) is 4.98 Å². The zero-order chi connectivity index (χ0) is 17.9. The van der Waals surface area contributed by atoms with Crippen molar-refractivity contribution in [2.45, 2.75) is 6.18 Å². The Bertz CT molecular complexity index is 742. The highest BCUT2D eigenvalue weighted by atomic mass is 19.4. The van der Waals surface area contributed by atoms with E-state index >= 15 is 0 Å². The Hall–Kier alpha value is -2.61. The number of alkyl halides is 3. The molecule has 1 saturated heterocycles. The number of rotatable bonds is 3. The lowest BCUT2D eigenvalue weighted by molar-refractivity contribution is -0.137. The molecule has 5 nitrogen and oxygen atoms in total. The number of halogens is 3. The van der Waals surface area contributed by atoms with Gasteiger partial charge in [-0.1, -0.05) is 6.07 Å². The van der Waals surface area contributed by atoms with Gasteiger partial charge in [0, 0.05) is 18.8 Å². The summed E-state index contributed by atoms with van der Waals surface area (Å²) < 4.78 is 43.0. The first kappa shape index (κ1) is 17.2. The summed E-state index contributed by atoms with van der Waals surface area (Å²) >= 11 is 0. The van der Waals surface area contributed by atoms with E-state index in [-0.39, 0.29) is 11.4 Å². The van der Waals surface area contributed by atoms with Crippen LogP contribution < -0.4 is 10.2 Å². The summed E-state index contributed by atoms with van der Waals surface area (Å²) in [7, 11) is 0. The molecule has 0 bridgehead atoms. The highest BCUT2D eigenvalue weighted by Crippen LogP contribution is 2.29. The third kappa shape index (κ3) is 4.27. The van der Waals surface area contributed by atoms with E-state index in [1.807, 2.05) is 4.90 Å². The van der Waals surface area contributed by atoms with Crippen molar-refractivity contribution in [2.75, 3.05) is 36.5 Å². The smallest absolute Gasteiger partial charge is 0.378 e. The summed E-state index contributed by atoms with van der Waals surface area (Å²) in [5.74, 6) is 0.193. The molecule has 0 unspecified atom stereocenters. The maximum absolute atomic E-state index is 12.6. The maximum atomic E-state index is 12.6. The lowest BCUT2D eigenvalue weighted by Crippen LogP contribution is -2.37. The fourth-order valence-corrected chi connectivity index (χ4v) is 2.46. The number of pyridine rings is 1. The summed E-state index contributed by atoms with van der Waals surface area (Å²) in [6, 6.07) is 9.36. The van der Waals surface area contributed by atoms with Gasteiger partial charge in [-0.2, -0.15) is 13.2 Å². The minimum atomic E-state index is -4.41. The Morgan fingerprint density at radius 1 is 1.08 bits per heavy atom. The van der Waals surface area contributed by atoms with Crippen LogP contribution in [0.4, 0.5) is 24.7 Å². The van der Waals surface area contributed by atoms with E-state index in [0.717, 1.165) is 12.1 Å². The van der Waals surface area contributed by atoms with E-state index in [0.29, 0.717) is 32.1 Å². The van der Waals surface area contributed by atoms with Crippen LogP contribution in [0.3, 0.4) is 0 Å². The van der Waals surface area contributed by atoms with Crippen LogP contribution >= 0.6 is 0 Å². The van der Waals surface area contributed by atoms with Crippen LogP contribution in [0.5, 0.6) is 0 Å². The number of carbonyl (C=O) groups excluding carboxylic acids is 1. The molecular formula is C17H16F3N3O2. The molecular weight excluding hydrogens is 335 g/mol. The van der Waals surface area contributed by atoms with Gasteiger partial charge in [-0.3, -0.25) is 4.79 Å². The average Bonchev–Trinajstić information content (AvgIpc) is 2.62. The number of aromatic nitrogens is 1.